The quantitative estimate of drug-likeness (QED) is 0.751. The normalized spacial score (nSPS) is 12.3. The van der Waals surface area contributed by atoms with Crippen LogP contribution in [-0.4, -0.2) is 25.1 Å². The van der Waals surface area contributed by atoms with Gasteiger partial charge in [-0.3, -0.25) is 4.79 Å². The first-order valence-electron chi connectivity index (χ1n) is 6.23. The van der Waals surface area contributed by atoms with E-state index in [-0.39, 0.29) is 11.8 Å². The van der Waals surface area contributed by atoms with Crippen LogP contribution in [-0.2, 0) is 4.79 Å². The van der Waals surface area contributed by atoms with E-state index >= 15 is 0 Å². The summed E-state index contributed by atoms with van der Waals surface area (Å²) in [6.45, 7) is 6.78. The molecule has 4 nitrogen and oxygen atoms in total. The molecule has 1 aromatic rings. The van der Waals surface area contributed by atoms with E-state index in [1.807, 2.05) is 45.0 Å². The van der Waals surface area contributed by atoms with Gasteiger partial charge >= 0.3 is 0 Å². The Bertz CT molecular complexity index is 374. The zero-order chi connectivity index (χ0) is 13.5. The molecule has 100 valence electrons. The van der Waals surface area contributed by atoms with Gasteiger partial charge in [0.15, 0.2) is 0 Å². The molecular formula is C14H22N2O2. The average Bonchev–Trinajstić information content (AvgIpc) is 2.35. The molecule has 1 amide bonds. The number of aryl methyl sites for hydroxylation is 1. The lowest BCUT2D eigenvalue weighted by Crippen LogP contribution is -2.45. The summed E-state index contributed by atoms with van der Waals surface area (Å²) in [4.78, 5) is 11.5. The van der Waals surface area contributed by atoms with Crippen molar-refractivity contribution in [2.75, 3.05) is 13.2 Å². The lowest BCUT2D eigenvalue weighted by atomic mass is 10.1. The molecule has 1 rings (SSSR count). The zero-order valence-corrected chi connectivity index (χ0v) is 11.3. The van der Waals surface area contributed by atoms with Gasteiger partial charge in [0.05, 0.1) is 12.6 Å². The number of carbonyl (C=O) groups is 1. The van der Waals surface area contributed by atoms with Gasteiger partial charge < -0.3 is 15.8 Å². The second-order valence-electron chi connectivity index (χ2n) is 4.72. The zero-order valence-electron chi connectivity index (χ0n) is 11.3. The fraction of sp³-hybridized carbons (Fsp3) is 0.500. The predicted molar refractivity (Wildman–Crippen MR) is 72.5 cm³/mol. The van der Waals surface area contributed by atoms with Crippen LogP contribution >= 0.6 is 0 Å². The number of hydrogen-bond donors (Lipinski definition) is 2. The van der Waals surface area contributed by atoms with Crippen LogP contribution in [0.1, 0.15) is 19.4 Å². The third-order valence-corrected chi connectivity index (χ3v) is 2.71. The summed E-state index contributed by atoms with van der Waals surface area (Å²) in [5.41, 5.74) is 6.91. The van der Waals surface area contributed by atoms with E-state index in [4.69, 9.17) is 10.5 Å². The van der Waals surface area contributed by atoms with E-state index in [0.29, 0.717) is 13.2 Å². The standard InChI is InChI=1S/C14H22N2O2/c1-10(2)13(15)14(17)16-8-9-18-12-6-4-11(3)5-7-12/h4-7,10,13H,8-9,15H2,1-3H3,(H,16,17)/t13-/m0/s1. The number of nitrogens with one attached hydrogen (secondary N) is 1. The maximum absolute atomic E-state index is 11.5. The first-order valence-corrected chi connectivity index (χ1v) is 6.23. The summed E-state index contributed by atoms with van der Waals surface area (Å²) >= 11 is 0. The molecule has 18 heavy (non-hydrogen) atoms. The average molecular weight is 250 g/mol. The monoisotopic (exact) mass is 250 g/mol. The van der Waals surface area contributed by atoms with Crippen molar-refractivity contribution in [3.63, 3.8) is 0 Å². The van der Waals surface area contributed by atoms with Crippen molar-refractivity contribution in [1.82, 2.24) is 5.32 Å². The van der Waals surface area contributed by atoms with Crippen molar-refractivity contribution in [2.24, 2.45) is 11.7 Å². The third kappa shape index (κ3) is 4.75. The number of hydrogen-bond acceptors (Lipinski definition) is 3. The minimum Gasteiger partial charge on any atom is -0.492 e. The Balaban J connectivity index is 2.23. The fourth-order valence-corrected chi connectivity index (χ4v) is 1.40. The highest BCUT2D eigenvalue weighted by molar-refractivity contribution is 5.81. The SMILES string of the molecule is Cc1ccc(OCCNC(=O)[C@@H](N)C(C)C)cc1. The molecule has 0 aromatic heterocycles. The van der Waals surface area contributed by atoms with Crippen molar-refractivity contribution >= 4 is 5.91 Å². The van der Waals surface area contributed by atoms with Gasteiger partial charge in [0, 0.05) is 0 Å². The summed E-state index contributed by atoms with van der Waals surface area (Å²) in [6, 6.07) is 7.35. The topological polar surface area (TPSA) is 64.3 Å². The lowest BCUT2D eigenvalue weighted by Gasteiger charge is -2.15. The summed E-state index contributed by atoms with van der Waals surface area (Å²) in [6.07, 6.45) is 0. The molecule has 0 heterocycles. The number of amides is 1. The highest BCUT2D eigenvalue weighted by Gasteiger charge is 2.16. The third-order valence-electron chi connectivity index (χ3n) is 2.71. The van der Waals surface area contributed by atoms with Gasteiger partial charge in [0.1, 0.15) is 12.4 Å². The van der Waals surface area contributed by atoms with E-state index in [1.165, 1.54) is 5.56 Å². The second-order valence-corrected chi connectivity index (χ2v) is 4.72. The van der Waals surface area contributed by atoms with Gasteiger partial charge in [-0.15, -0.1) is 0 Å². The molecule has 0 bridgehead atoms. The van der Waals surface area contributed by atoms with Crippen LogP contribution in [0.5, 0.6) is 5.75 Å². The Morgan fingerprint density at radius 1 is 1.33 bits per heavy atom. The molecule has 0 fully saturated rings. The number of benzene rings is 1. The van der Waals surface area contributed by atoms with Crippen molar-refractivity contribution in [3.05, 3.63) is 29.8 Å². The van der Waals surface area contributed by atoms with Crippen molar-refractivity contribution in [1.29, 1.82) is 0 Å². The highest BCUT2D eigenvalue weighted by atomic mass is 16.5. The maximum atomic E-state index is 11.5. The molecule has 0 unspecified atom stereocenters. The molecule has 1 aromatic carbocycles. The summed E-state index contributed by atoms with van der Waals surface area (Å²) in [5, 5.41) is 2.76. The van der Waals surface area contributed by atoms with Crippen LogP contribution in [0, 0.1) is 12.8 Å². The van der Waals surface area contributed by atoms with E-state index in [1.54, 1.807) is 0 Å². The van der Waals surface area contributed by atoms with Gasteiger partial charge in [0.2, 0.25) is 5.91 Å². The first-order chi connectivity index (χ1) is 8.50. The summed E-state index contributed by atoms with van der Waals surface area (Å²) in [7, 11) is 0. The van der Waals surface area contributed by atoms with Gasteiger partial charge in [-0.2, -0.15) is 0 Å². The molecule has 3 N–H and O–H groups in total. The molecule has 0 aliphatic carbocycles. The molecule has 0 saturated carbocycles. The Morgan fingerprint density at radius 3 is 2.50 bits per heavy atom. The second kappa shape index (κ2) is 7.01. The summed E-state index contributed by atoms with van der Waals surface area (Å²) in [5.74, 6) is 0.823. The van der Waals surface area contributed by atoms with Gasteiger partial charge in [-0.1, -0.05) is 31.5 Å². The first kappa shape index (κ1) is 14.5. The Kier molecular flexibility index (Phi) is 5.65. The van der Waals surface area contributed by atoms with Crippen molar-refractivity contribution < 1.29 is 9.53 Å². The highest BCUT2D eigenvalue weighted by Crippen LogP contribution is 2.10. The van der Waals surface area contributed by atoms with Crippen LogP contribution in [0.3, 0.4) is 0 Å². The van der Waals surface area contributed by atoms with Crippen LogP contribution in [0.25, 0.3) is 0 Å². The summed E-state index contributed by atoms with van der Waals surface area (Å²) < 4.78 is 5.50. The van der Waals surface area contributed by atoms with Crippen molar-refractivity contribution in [3.8, 4) is 5.75 Å². The number of rotatable bonds is 6. The number of ether oxygens (including phenoxy) is 1. The molecule has 0 radical (unpaired) electrons. The Labute approximate surface area is 109 Å². The van der Waals surface area contributed by atoms with Crippen LogP contribution < -0.4 is 15.8 Å². The fourth-order valence-electron chi connectivity index (χ4n) is 1.40. The van der Waals surface area contributed by atoms with E-state index in [0.717, 1.165) is 5.75 Å². The molecular weight excluding hydrogens is 228 g/mol. The van der Waals surface area contributed by atoms with Gasteiger partial charge in [-0.25, -0.2) is 0 Å². The molecule has 0 saturated heterocycles. The minimum atomic E-state index is -0.454. The molecule has 4 heteroatoms. The number of carbonyl (C=O) groups excluding carboxylic acids is 1. The Morgan fingerprint density at radius 2 is 1.94 bits per heavy atom. The van der Waals surface area contributed by atoms with E-state index < -0.39 is 6.04 Å². The van der Waals surface area contributed by atoms with Gasteiger partial charge in [-0.05, 0) is 25.0 Å². The molecule has 0 aliphatic rings. The molecule has 1 atom stereocenters. The van der Waals surface area contributed by atoms with Gasteiger partial charge in [0.25, 0.3) is 0 Å². The minimum absolute atomic E-state index is 0.127. The largest absolute Gasteiger partial charge is 0.492 e. The Hall–Kier alpha value is -1.55. The van der Waals surface area contributed by atoms with E-state index in [9.17, 15) is 4.79 Å². The van der Waals surface area contributed by atoms with E-state index in [2.05, 4.69) is 5.32 Å². The van der Waals surface area contributed by atoms with Crippen LogP contribution in [0.15, 0.2) is 24.3 Å². The molecule has 0 aliphatic heterocycles. The smallest absolute Gasteiger partial charge is 0.237 e. The number of nitrogens with two attached hydrogens (primary N) is 1. The van der Waals surface area contributed by atoms with Crippen LogP contribution in [0.2, 0.25) is 0 Å². The maximum Gasteiger partial charge on any atom is 0.237 e. The van der Waals surface area contributed by atoms with Crippen LogP contribution in [0.4, 0.5) is 0 Å². The predicted octanol–water partition coefficient (Wildman–Crippen LogP) is 1.47. The van der Waals surface area contributed by atoms with Crippen molar-refractivity contribution in [2.45, 2.75) is 26.8 Å². The molecule has 0 spiro atoms. The lowest BCUT2D eigenvalue weighted by molar-refractivity contribution is -0.123.